The molecule has 2 heterocycles. The van der Waals surface area contributed by atoms with Crippen molar-refractivity contribution in [2.45, 2.75) is 65.1 Å². The molecule has 1 aliphatic heterocycles. The SMILES string of the molecule is Cc1cc(=O)[nH]cc1-c1cccc(Oc2ccc(C(=O)CC3CC(C)(C)OC(C)(C)C3)cc2Cl)c1C#N. The van der Waals surface area contributed by atoms with Gasteiger partial charge in [-0.05, 0) is 83.2 Å². The Morgan fingerprint density at radius 2 is 1.81 bits per heavy atom. The Morgan fingerprint density at radius 1 is 1.11 bits per heavy atom. The molecule has 1 saturated heterocycles. The van der Waals surface area contributed by atoms with E-state index >= 15 is 0 Å². The van der Waals surface area contributed by atoms with Gasteiger partial charge in [-0.1, -0.05) is 23.7 Å². The smallest absolute Gasteiger partial charge is 0.248 e. The van der Waals surface area contributed by atoms with Crippen molar-refractivity contribution in [1.29, 1.82) is 5.26 Å². The number of rotatable bonds is 6. The Labute approximate surface area is 222 Å². The number of Topliss-reactive ketones (excluding diaryl/α,β-unsaturated/α-hetero) is 1. The number of hydrogen-bond donors (Lipinski definition) is 1. The van der Waals surface area contributed by atoms with Crippen molar-refractivity contribution in [1.82, 2.24) is 4.98 Å². The third kappa shape index (κ3) is 6.12. The lowest BCUT2D eigenvalue weighted by atomic mass is 9.78. The fourth-order valence-electron chi connectivity index (χ4n) is 5.51. The quantitative estimate of drug-likeness (QED) is 0.347. The predicted molar refractivity (Wildman–Crippen MR) is 144 cm³/mol. The van der Waals surface area contributed by atoms with Gasteiger partial charge in [0.15, 0.2) is 5.78 Å². The van der Waals surface area contributed by atoms with E-state index in [1.165, 1.54) is 6.07 Å². The number of ketones is 1. The number of pyridine rings is 1. The van der Waals surface area contributed by atoms with E-state index in [2.05, 4.69) is 38.7 Å². The van der Waals surface area contributed by atoms with E-state index in [4.69, 9.17) is 21.1 Å². The minimum Gasteiger partial charge on any atom is -0.454 e. The summed E-state index contributed by atoms with van der Waals surface area (Å²) >= 11 is 6.53. The van der Waals surface area contributed by atoms with Gasteiger partial charge in [0.05, 0.1) is 16.2 Å². The fourth-order valence-corrected chi connectivity index (χ4v) is 5.73. The number of nitriles is 1. The molecule has 2 aromatic carbocycles. The summed E-state index contributed by atoms with van der Waals surface area (Å²) in [5.41, 5.74) is 2.20. The maximum absolute atomic E-state index is 13.1. The molecule has 1 aliphatic rings. The summed E-state index contributed by atoms with van der Waals surface area (Å²) in [6.45, 7) is 10.1. The average molecular weight is 519 g/mol. The summed E-state index contributed by atoms with van der Waals surface area (Å²) in [4.78, 5) is 27.4. The second-order valence-electron chi connectivity index (χ2n) is 11.0. The summed E-state index contributed by atoms with van der Waals surface area (Å²) in [7, 11) is 0. The average Bonchev–Trinajstić information content (AvgIpc) is 2.78. The molecule has 0 amide bonds. The molecule has 37 heavy (non-hydrogen) atoms. The van der Waals surface area contributed by atoms with Crippen LogP contribution in [0, 0.1) is 24.2 Å². The second-order valence-corrected chi connectivity index (χ2v) is 11.4. The molecule has 4 rings (SSSR count). The number of aromatic amines is 1. The highest BCUT2D eigenvalue weighted by Gasteiger charge is 2.39. The third-order valence-electron chi connectivity index (χ3n) is 6.62. The van der Waals surface area contributed by atoms with Crippen molar-refractivity contribution < 1.29 is 14.3 Å². The topological polar surface area (TPSA) is 92.2 Å². The molecule has 192 valence electrons. The third-order valence-corrected chi connectivity index (χ3v) is 6.92. The first-order valence-electron chi connectivity index (χ1n) is 12.3. The summed E-state index contributed by atoms with van der Waals surface area (Å²) in [6.07, 6.45) is 3.65. The number of benzene rings is 2. The number of nitrogens with one attached hydrogen (secondary N) is 1. The van der Waals surface area contributed by atoms with Crippen LogP contribution in [0.4, 0.5) is 0 Å². The van der Waals surface area contributed by atoms with Crippen LogP contribution in [0.1, 0.15) is 68.4 Å². The van der Waals surface area contributed by atoms with Crippen LogP contribution in [0.15, 0.2) is 53.5 Å². The Bertz CT molecular complexity index is 1430. The highest BCUT2D eigenvalue weighted by molar-refractivity contribution is 6.32. The van der Waals surface area contributed by atoms with E-state index < -0.39 is 0 Å². The number of nitrogens with zero attached hydrogens (tertiary/aromatic N) is 1. The number of halogens is 1. The van der Waals surface area contributed by atoms with Crippen molar-refractivity contribution in [3.05, 3.63) is 80.7 Å². The zero-order valence-corrected chi connectivity index (χ0v) is 22.5. The van der Waals surface area contributed by atoms with Crippen molar-refractivity contribution >= 4 is 17.4 Å². The maximum atomic E-state index is 13.1. The number of ether oxygens (including phenoxy) is 2. The van der Waals surface area contributed by atoms with Gasteiger partial charge in [0.1, 0.15) is 23.1 Å². The molecule has 1 fully saturated rings. The molecular formula is C30H31ClN2O4. The molecule has 0 unspecified atom stereocenters. The highest BCUT2D eigenvalue weighted by atomic mass is 35.5. The van der Waals surface area contributed by atoms with E-state index in [9.17, 15) is 14.9 Å². The summed E-state index contributed by atoms with van der Waals surface area (Å²) < 4.78 is 12.2. The zero-order valence-electron chi connectivity index (χ0n) is 21.8. The maximum Gasteiger partial charge on any atom is 0.248 e. The zero-order chi connectivity index (χ0) is 27.0. The minimum absolute atomic E-state index is 0.0280. The molecule has 6 nitrogen and oxygen atoms in total. The lowest BCUT2D eigenvalue weighted by molar-refractivity contribution is -0.171. The Kier molecular flexibility index (Phi) is 7.32. The van der Waals surface area contributed by atoms with Crippen molar-refractivity contribution in [2.75, 3.05) is 0 Å². The first-order valence-corrected chi connectivity index (χ1v) is 12.7. The van der Waals surface area contributed by atoms with Gasteiger partial charge < -0.3 is 14.5 Å². The van der Waals surface area contributed by atoms with Gasteiger partial charge in [0, 0.05) is 35.4 Å². The van der Waals surface area contributed by atoms with E-state index in [1.807, 2.05) is 6.92 Å². The van der Waals surface area contributed by atoms with Crippen molar-refractivity contribution in [3.63, 3.8) is 0 Å². The molecule has 1 aromatic heterocycles. The van der Waals surface area contributed by atoms with E-state index in [1.54, 1.807) is 42.6 Å². The van der Waals surface area contributed by atoms with Gasteiger partial charge in [0.2, 0.25) is 5.56 Å². The van der Waals surface area contributed by atoms with Gasteiger partial charge in [-0.3, -0.25) is 9.59 Å². The van der Waals surface area contributed by atoms with Crippen molar-refractivity contribution in [2.24, 2.45) is 5.92 Å². The van der Waals surface area contributed by atoms with Gasteiger partial charge in [-0.2, -0.15) is 5.26 Å². The molecule has 0 bridgehead atoms. The normalized spacial score (nSPS) is 16.7. The van der Waals surface area contributed by atoms with E-state index in [-0.39, 0.29) is 33.5 Å². The summed E-state index contributed by atoms with van der Waals surface area (Å²) in [5.74, 6) is 0.926. The number of aromatic nitrogens is 1. The lowest BCUT2D eigenvalue weighted by Crippen LogP contribution is -2.45. The Hall–Kier alpha value is -3.40. The molecule has 3 aromatic rings. The number of hydrogen-bond acceptors (Lipinski definition) is 5. The van der Waals surface area contributed by atoms with Crippen LogP contribution in [0.3, 0.4) is 0 Å². The van der Waals surface area contributed by atoms with Crippen LogP contribution in [0.2, 0.25) is 5.02 Å². The number of carbonyl (C=O) groups excluding carboxylic acids is 1. The standard InChI is InChI=1S/C30H31ClN2O4/c1-18-11-28(35)33-17-23(18)21-7-6-8-26(22(21)16-32)36-27-10-9-20(13-24(27)31)25(34)12-19-14-29(2,3)37-30(4,5)15-19/h6-11,13,17,19H,12,14-15H2,1-5H3,(H,33,35). The van der Waals surface area contributed by atoms with Crippen LogP contribution in [-0.4, -0.2) is 22.0 Å². The molecule has 0 aliphatic carbocycles. The van der Waals surface area contributed by atoms with Crippen LogP contribution in [0.5, 0.6) is 11.5 Å². The molecule has 0 spiro atoms. The number of H-pyrrole nitrogens is 1. The van der Waals surface area contributed by atoms with E-state index in [0.29, 0.717) is 34.6 Å². The van der Waals surface area contributed by atoms with Crippen LogP contribution in [0.25, 0.3) is 11.1 Å². The molecular weight excluding hydrogens is 488 g/mol. The van der Waals surface area contributed by atoms with Gasteiger partial charge in [-0.15, -0.1) is 0 Å². The Balaban J connectivity index is 1.55. The number of carbonyl (C=O) groups is 1. The molecule has 0 atom stereocenters. The Morgan fingerprint density at radius 3 is 2.43 bits per heavy atom. The van der Waals surface area contributed by atoms with Gasteiger partial charge in [-0.25, -0.2) is 0 Å². The summed E-state index contributed by atoms with van der Waals surface area (Å²) in [5, 5.41) is 10.2. The second kappa shape index (κ2) is 10.2. The van der Waals surface area contributed by atoms with Crippen LogP contribution in [-0.2, 0) is 4.74 Å². The monoisotopic (exact) mass is 518 g/mol. The molecule has 0 saturated carbocycles. The fraction of sp³-hybridized carbons (Fsp3) is 0.367. The number of aryl methyl sites for hydroxylation is 1. The van der Waals surface area contributed by atoms with Crippen LogP contribution >= 0.6 is 11.6 Å². The molecule has 7 heteroatoms. The first kappa shape index (κ1) is 26.7. The summed E-state index contributed by atoms with van der Waals surface area (Å²) in [6, 6.07) is 13.9. The van der Waals surface area contributed by atoms with Gasteiger partial charge in [0.25, 0.3) is 0 Å². The first-order chi connectivity index (χ1) is 17.4. The largest absolute Gasteiger partial charge is 0.454 e. The minimum atomic E-state index is -0.275. The lowest BCUT2D eigenvalue weighted by Gasteiger charge is -2.45. The van der Waals surface area contributed by atoms with Crippen molar-refractivity contribution in [3.8, 4) is 28.7 Å². The van der Waals surface area contributed by atoms with Gasteiger partial charge >= 0.3 is 0 Å². The predicted octanol–water partition coefficient (Wildman–Crippen LogP) is 7.22. The van der Waals surface area contributed by atoms with E-state index in [0.717, 1.165) is 24.0 Å². The van der Waals surface area contributed by atoms with Crippen LogP contribution < -0.4 is 10.3 Å². The highest BCUT2D eigenvalue weighted by Crippen LogP contribution is 2.41. The molecule has 0 radical (unpaired) electrons. The molecule has 1 N–H and O–H groups in total.